The second-order valence-corrected chi connectivity index (χ2v) is 4.41. The summed E-state index contributed by atoms with van der Waals surface area (Å²) in [5, 5.41) is 12.9. The van der Waals surface area contributed by atoms with Crippen molar-refractivity contribution in [3.8, 4) is 28.5 Å². The lowest BCUT2D eigenvalue weighted by Crippen LogP contribution is -1.95. The molecule has 114 valence electrons. The minimum atomic E-state index is 0.116. The second kappa shape index (κ2) is 6.99. The van der Waals surface area contributed by atoms with Crippen LogP contribution in [0.5, 0.6) is 17.2 Å². The first-order valence-electron chi connectivity index (χ1n) is 6.60. The Morgan fingerprint density at radius 2 is 1.71 bits per heavy atom. The standard InChI is InChI=1S/C15H19NO5/c1-18-11-8-13(19-2)15(14(9-11)20-3)12-7-10(21-16-12)5-4-6-17/h7-9,17H,4-6H2,1-3H3. The molecule has 21 heavy (non-hydrogen) atoms. The van der Waals surface area contributed by atoms with Crippen molar-refractivity contribution in [3.05, 3.63) is 24.0 Å². The number of hydrogen-bond donors (Lipinski definition) is 1. The predicted octanol–water partition coefficient (Wildman–Crippen LogP) is 2.29. The number of aliphatic hydroxyl groups excluding tert-OH is 1. The van der Waals surface area contributed by atoms with E-state index in [-0.39, 0.29) is 6.61 Å². The van der Waals surface area contributed by atoms with Crippen LogP contribution in [0.25, 0.3) is 11.3 Å². The molecule has 0 fully saturated rings. The van der Waals surface area contributed by atoms with Crippen LogP contribution in [0.15, 0.2) is 22.7 Å². The molecule has 0 bridgehead atoms. The largest absolute Gasteiger partial charge is 0.496 e. The third kappa shape index (κ3) is 3.28. The Hall–Kier alpha value is -2.21. The number of rotatable bonds is 7. The molecule has 6 heteroatoms. The molecular formula is C15H19NO5. The van der Waals surface area contributed by atoms with Gasteiger partial charge in [0.15, 0.2) is 0 Å². The fourth-order valence-electron chi connectivity index (χ4n) is 2.06. The molecule has 0 amide bonds. The first-order valence-corrected chi connectivity index (χ1v) is 6.60. The Kier molecular flexibility index (Phi) is 5.05. The summed E-state index contributed by atoms with van der Waals surface area (Å²) < 4.78 is 21.3. The maximum atomic E-state index is 8.86. The molecule has 0 saturated heterocycles. The highest BCUT2D eigenvalue weighted by Crippen LogP contribution is 2.41. The Morgan fingerprint density at radius 1 is 1.05 bits per heavy atom. The van der Waals surface area contributed by atoms with Crippen LogP contribution in [0, 0.1) is 0 Å². The van der Waals surface area contributed by atoms with E-state index in [0.717, 1.165) is 0 Å². The predicted molar refractivity (Wildman–Crippen MR) is 77.0 cm³/mol. The van der Waals surface area contributed by atoms with Gasteiger partial charge in [0.05, 0.1) is 26.9 Å². The maximum Gasteiger partial charge on any atom is 0.137 e. The highest BCUT2D eigenvalue weighted by atomic mass is 16.5. The molecule has 0 atom stereocenters. The summed E-state index contributed by atoms with van der Waals surface area (Å²) in [5.74, 6) is 2.52. The molecule has 1 aromatic heterocycles. The zero-order valence-corrected chi connectivity index (χ0v) is 12.4. The lowest BCUT2D eigenvalue weighted by atomic mass is 10.1. The van der Waals surface area contributed by atoms with E-state index in [0.29, 0.717) is 47.1 Å². The molecule has 2 rings (SSSR count). The summed E-state index contributed by atoms with van der Waals surface area (Å²) in [6.07, 6.45) is 1.26. The number of aromatic nitrogens is 1. The van der Waals surface area contributed by atoms with E-state index in [1.54, 1.807) is 33.5 Å². The van der Waals surface area contributed by atoms with E-state index in [9.17, 15) is 0 Å². The van der Waals surface area contributed by atoms with Crippen LogP contribution in [0.3, 0.4) is 0 Å². The number of benzene rings is 1. The normalized spacial score (nSPS) is 10.5. The van der Waals surface area contributed by atoms with Gasteiger partial charge in [-0.05, 0) is 6.42 Å². The van der Waals surface area contributed by atoms with Gasteiger partial charge in [-0.2, -0.15) is 0 Å². The highest BCUT2D eigenvalue weighted by molar-refractivity contribution is 5.75. The van der Waals surface area contributed by atoms with E-state index >= 15 is 0 Å². The van der Waals surface area contributed by atoms with Crippen LogP contribution < -0.4 is 14.2 Å². The van der Waals surface area contributed by atoms with Crippen LogP contribution >= 0.6 is 0 Å². The van der Waals surface area contributed by atoms with E-state index in [4.69, 9.17) is 23.8 Å². The lowest BCUT2D eigenvalue weighted by molar-refractivity contribution is 0.280. The third-order valence-corrected chi connectivity index (χ3v) is 3.11. The minimum Gasteiger partial charge on any atom is -0.496 e. The molecule has 1 heterocycles. The van der Waals surface area contributed by atoms with Crippen LogP contribution in [-0.2, 0) is 6.42 Å². The molecule has 1 aromatic carbocycles. The minimum absolute atomic E-state index is 0.116. The molecule has 0 spiro atoms. The summed E-state index contributed by atoms with van der Waals surface area (Å²) in [4.78, 5) is 0. The highest BCUT2D eigenvalue weighted by Gasteiger charge is 2.18. The number of hydrogen-bond acceptors (Lipinski definition) is 6. The average Bonchev–Trinajstić information content (AvgIpc) is 2.99. The zero-order chi connectivity index (χ0) is 15.2. The average molecular weight is 293 g/mol. The number of ether oxygens (including phenoxy) is 3. The van der Waals surface area contributed by atoms with E-state index < -0.39 is 0 Å². The Labute approximate surface area is 123 Å². The molecule has 0 aliphatic carbocycles. The number of aryl methyl sites for hydroxylation is 1. The summed E-state index contributed by atoms with van der Waals surface area (Å²) >= 11 is 0. The third-order valence-electron chi connectivity index (χ3n) is 3.11. The summed E-state index contributed by atoms with van der Waals surface area (Å²) in [7, 11) is 4.73. The summed E-state index contributed by atoms with van der Waals surface area (Å²) in [6.45, 7) is 0.116. The van der Waals surface area contributed by atoms with E-state index in [1.807, 2.05) is 6.07 Å². The lowest BCUT2D eigenvalue weighted by Gasteiger charge is -2.13. The van der Waals surface area contributed by atoms with Crippen LogP contribution in [0.1, 0.15) is 12.2 Å². The Morgan fingerprint density at radius 3 is 2.24 bits per heavy atom. The van der Waals surface area contributed by atoms with Crippen molar-refractivity contribution in [2.45, 2.75) is 12.8 Å². The first kappa shape index (κ1) is 15.2. The van der Waals surface area contributed by atoms with Crippen molar-refractivity contribution in [2.75, 3.05) is 27.9 Å². The second-order valence-electron chi connectivity index (χ2n) is 4.41. The van der Waals surface area contributed by atoms with Crippen LogP contribution in [0.4, 0.5) is 0 Å². The smallest absolute Gasteiger partial charge is 0.137 e. The van der Waals surface area contributed by atoms with Gasteiger partial charge in [0, 0.05) is 31.2 Å². The van der Waals surface area contributed by atoms with Gasteiger partial charge in [0.25, 0.3) is 0 Å². The first-order chi connectivity index (χ1) is 10.2. The fourth-order valence-corrected chi connectivity index (χ4v) is 2.06. The Balaban J connectivity index is 2.43. The van der Waals surface area contributed by atoms with Gasteiger partial charge in [-0.25, -0.2) is 0 Å². The van der Waals surface area contributed by atoms with Gasteiger partial charge >= 0.3 is 0 Å². The summed E-state index contributed by atoms with van der Waals surface area (Å²) in [6, 6.07) is 5.35. The molecule has 0 aliphatic rings. The quantitative estimate of drug-likeness (QED) is 0.844. The SMILES string of the molecule is COc1cc(OC)c(-c2cc(CCCO)on2)c(OC)c1. The van der Waals surface area contributed by atoms with Gasteiger partial charge in [-0.1, -0.05) is 5.16 Å². The van der Waals surface area contributed by atoms with E-state index in [1.165, 1.54) is 0 Å². The number of aliphatic hydroxyl groups is 1. The van der Waals surface area contributed by atoms with Crippen LogP contribution in [0.2, 0.25) is 0 Å². The fraction of sp³-hybridized carbons (Fsp3) is 0.400. The monoisotopic (exact) mass is 293 g/mol. The molecule has 0 unspecified atom stereocenters. The summed E-state index contributed by atoms with van der Waals surface area (Å²) in [5.41, 5.74) is 1.33. The molecule has 2 aromatic rings. The maximum absolute atomic E-state index is 8.86. The number of nitrogens with zero attached hydrogens (tertiary/aromatic N) is 1. The Bertz CT molecular complexity index is 568. The van der Waals surface area contributed by atoms with Crippen molar-refractivity contribution in [3.63, 3.8) is 0 Å². The van der Waals surface area contributed by atoms with Crippen molar-refractivity contribution in [1.29, 1.82) is 0 Å². The van der Waals surface area contributed by atoms with Crippen LogP contribution in [-0.4, -0.2) is 38.2 Å². The molecule has 1 N–H and O–H groups in total. The van der Waals surface area contributed by atoms with Gasteiger partial charge in [0.2, 0.25) is 0 Å². The molecular weight excluding hydrogens is 274 g/mol. The van der Waals surface area contributed by atoms with Crippen molar-refractivity contribution < 1.29 is 23.8 Å². The van der Waals surface area contributed by atoms with Crippen molar-refractivity contribution in [2.24, 2.45) is 0 Å². The van der Waals surface area contributed by atoms with Gasteiger partial charge in [0.1, 0.15) is 28.7 Å². The topological polar surface area (TPSA) is 74.0 Å². The van der Waals surface area contributed by atoms with Crippen molar-refractivity contribution in [1.82, 2.24) is 5.16 Å². The van der Waals surface area contributed by atoms with E-state index in [2.05, 4.69) is 5.16 Å². The van der Waals surface area contributed by atoms with Gasteiger partial charge in [-0.15, -0.1) is 0 Å². The molecule has 0 aliphatic heterocycles. The van der Waals surface area contributed by atoms with Gasteiger partial charge in [-0.3, -0.25) is 0 Å². The molecule has 0 radical (unpaired) electrons. The van der Waals surface area contributed by atoms with Crippen molar-refractivity contribution >= 4 is 0 Å². The number of methoxy groups -OCH3 is 3. The molecule has 6 nitrogen and oxygen atoms in total. The zero-order valence-electron chi connectivity index (χ0n) is 12.4. The molecule has 0 saturated carbocycles. The van der Waals surface area contributed by atoms with Gasteiger partial charge < -0.3 is 23.8 Å².